The number of aromatic nitrogens is 1. The SMILES string of the molecule is CC(C)(C)NCc1ccn(C(F)F)c1. The van der Waals surface area contributed by atoms with Crippen molar-refractivity contribution in [2.75, 3.05) is 0 Å². The molecule has 80 valence electrons. The van der Waals surface area contributed by atoms with Crippen LogP contribution in [-0.2, 0) is 6.54 Å². The number of hydrogen-bond donors (Lipinski definition) is 1. The Labute approximate surface area is 82.9 Å². The van der Waals surface area contributed by atoms with Gasteiger partial charge in [-0.15, -0.1) is 0 Å². The second kappa shape index (κ2) is 4.09. The van der Waals surface area contributed by atoms with Crippen molar-refractivity contribution in [1.82, 2.24) is 9.88 Å². The second-order valence-electron chi connectivity index (χ2n) is 4.35. The fraction of sp³-hybridized carbons (Fsp3) is 0.600. The van der Waals surface area contributed by atoms with Crippen LogP contribution in [0.25, 0.3) is 0 Å². The zero-order chi connectivity index (χ0) is 10.8. The summed E-state index contributed by atoms with van der Waals surface area (Å²) in [6.45, 7) is 4.28. The lowest BCUT2D eigenvalue weighted by molar-refractivity contribution is 0.0705. The van der Waals surface area contributed by atoms with E-state index in [1.807, 2.05) is 20.8 Å². The van der Waals surface area contributed by atoms with E-state index in [2.05, 4.69) is 5.32 Å². The molecular weight excluding hydrogens is 186 g/mol. The normalized spacial score (nSPS) is 12.4. The highest BCUT2D eigenvalue weighted by Gasteiger charge is 2.10. The molecule has 4 heteroatoms. The molecule has 1 aromatic rings. The molecule has 0 unspecified atom stereocenters. The van der Waals surface area contributed by atoms with Crippen molar-refractivity contribution in [1.29, 1.82) is 0 Å². The first-order valence-electron chi connectivity index (χ1n) is 4.58. The highest BCUT2D eigenvalue weighted by molar-refractivity contribution is 5.10. The molecule has 1 rings (SSSR count). The maximum absolute atomic E-state index is 12.2. The van der Waals surface area contributed by atoms with Crippen molar-refractivity contribution in [2.45, 2.75) is 39.4 Å². The minimum absolute atomic E-state index is 0.00688. The molecule has 1 heterocycles. The van der Waals surface area contributed by atoms with Crippen LogP contribution >= 0.6 is 0 Å². The van der Waals surface area contributed by atoms with E-state index in [1.54, 1.807) is 6.07 Å². The molecule has 0 aromatic carbocycles. The van der Waals surface area contributed by atoms with Crippen LogP contribution < -0.4 is 5.32 Å². The molecule has 0 aliphatic heterocycles. The molecule has 0 bridgehead atoms. The molecule has 14 heavy (non-hydrogen) atoms. The van der Waals surface area contributed by atoms with E-state index in [9.17, 15) is 8.78 Å². The van der Waals surface area contributed by atoms with E-state index in [0.717, 1.165) is 10.1 Å². The van der Waals surface area contributed by atoms with E-state index in [-0.39, 0.29) is 5.54 Å². The van der Waals surface area contributed by atoms with Gasteiger partial charge in [-0.1, -0.05) is 0 Å². The minimum atomic E-state index is -2.45. The molecule has 0 amide bonds. The first-order valence-corrected chi connectivity index (χ1v) is 4.58. The van der Waals surface area contributed by atoms with Gasteiger partial charge in [-0.25, -0.2) is 0 Å². The van der Waals surface area contributed by atoms with Crippen molar-refractivity contribution < 1.29 is 8.78 Å². The Morgan fingerprint density at radius 3 is 2.50 bits per heavy atom. The smallest absolute Gasteiger partial charge is 0.308 e. The predicted molar refractivity (Wildman–Crippen MR) is 52.3 cm³/mol. The molecule has 0 spiro atoms. The first-order chi connectivity index (χ1) is 6.38. The van der Waals surface area contributed by atoms with Gasteiger partial charge in [-0.05, 0) is 32.4 Å². The molecule has 0 radical (unpaired) electrons. The number of alkyl halides is 2. The second-order valence-corrected chi connectivity index (χ2v) is 4.35. The quantitative estimate of drug-likeness (QED) is 0.797. The molecule has 0 saturated carbocycles. The Kier molecular flexibility index (Phi) is 3.26. The van der Waals surface area contributed by atoms with Gasteiger partial charge in [-0.2, -0.15) is 8.78 Å². The van der Waals surface area contributed by atoms with E-state index in [0.29, 0.717) is 6.54 Å². The highest BCUT2D eigenvalue weighted by atomic mass is 19.3. The van der Waals surface area contributed by atoms with Crippen molar-refractivity contribution in [3.8, 4) is 0 Å². The number of nitrogens with zero attached hydrogens (tertiary/aromatic N) is 1. The summed E-state index contributed by atoms with van der Waals surface area (Å²) in [4.78, 5) is 0. The summed E-state index contributed by atoms with van der Waals surface area (Å²) in [5.74, 6) is 0. The lowest BCUT2D eigenvalue weighted by Crippen LogP contribution is -2.34. The van der Waals surface area contributed by atoms with Crippen LogP contribution in [-0.4, -0.2) is 10.1 Å². The Bertz CT molecular complexity index is 287. The fourth-order valence-corrected chi connectivity index (χ4v) is 1.05. The lowest BCUT2D eigenvalue weighted by atomic mass is 10.1. The third-order valence-corrected chi connectivity index (χ3v) is 1.82. The number of rotatable bonds is 3. The van der Waals surface area contributed by atoms with Gasteiger partial charge >= 0.3 is 6.55 Å². The third kappa shape index (κ3) is 3.46. The number of halogens is 2. The zero-order valence-corrected chi connectivity index (χ0v) is 8.72. The van der Waals surface area contributed by atoms with Crippen LogP contribution in [0.4, 0.5) is 8.78 Å². The average Bonchev–Trinajstić information content (AvgIpc) is 2.47. The summed E-state index contributed by atoms with van der Waals surface area (Å²) in [5.41, 5.74) is 0.882. The molecule has 0 aliphatic rings. The van der Waals surface area contributed by atoms with E-state index in [4.69, 9.17) is 0 Å². The molecular formula is C10H16F2N2. The van der Waals surface area contributed by atoms with Gasteiger partial charge in [0.25, 0.3) is 0 Å². The Morgan fingerprint density at radius 1 is 1.43 bits per heavy atom. The molecule has 0 aliphatic carbocycles. The van der Waals surface area contributed by atoms with E-state index in [1.165, 1.54) is 12.4 Å². The molecule has 0 atom stereocenters. The Hall–Kier alpha value is -0.900. The maximum atomic E-state index is 12.2. The molecule has 2 nitrogen and oxygen atoms in total. The predicted octanol–water partition coefficient (Wildman–Crippen LogP) is 2.77. The topological polar surface area (TPSA) is 17.0 Å². The summed E-state index contributed by atoms with van der Waals surface area (Å²) in [7, 11) is 0. The van der Waals surface area contributed by atoms with Gasteiger partial charge in [0.05, 0.1) is 0 Å². The summed E-state index contributed by atoms with van der Waals surface area (Å²) >= 11 is 0. The van der Waals surface area contributed by atoms with Gasteiger partial charge < -0.3 is 5.32 Å². The summed E-state index contributed by atoms with van der Waals surface area (Å²) in [6, 6.07) is 1.70. The molecule has 1 N–H and O–H groups in total. The number of nitrogens with one attached hydrogen (secondary N) is 1. The van der Waals surface area contributed by atoms with Crippen LogP contribution in [0.3, 0.4) is 0 Å². The summed E-state index contributed by atoms with van der Waals surface area (Å²) in [5, 5.41) is 3.23. The van der Waals surface area contributed by atoms with Crippen LogP contribution in [0.2, 0.25) is 0 Å². The fourth-order valence-electron chi connectivity index (χ4n) is 1.05. The monoisotopic (exact) mass is 202 g/mol. The highest BCUT2D eigenvalue weighted by Crippen LogP contribution is 2.12. The van der Waals surface area contributed by atoms with E-state index < -0.39 is 6.55 Å². The summed E-state index contributed by atoms with van der Waals surface area (Å²) < 4.78 is 25.3. The minimum Gasteiger partial charge on any atom is -0.308 e. The third-order valence-electron chi connectivity index (χ3n) is 1.82. The molecule has 1 aromatic heterocycles. The van der Waals surface area contributed by atoms with Crippen LogP contribution in [0.5, 0.6) is 0 Å². The molecule has 0 fully saturated rings. The molecule has 0 saturated heterocycles. The van der Waals surface area contributed by atoms with Gasteiger partial charge in [0.1, 0.15) is 0 Å². The van der Waals surface area contributed by atoms with Gasteiger partial charge in [0.15, 0.2) is 0 Å². The van der Waals surface area contributed by atoms with Crippen LogP contribution in [0.15, 0.2) is 18.5 Å². The zero-order valence-electron chi connectivity index (χ0n) is 8.72. The van der Waals surface area contributed by atoms with Crippen molar-refractivity contribution >= 4 is 0 Å². The first kappa shape index (κ1) is 11.2. The van der Waals surface area contributed by atoms with Crippen molar-refractivity contribution in [3.63, 3.8) is 0 Å². The Morgan fingerprint density at radius 2 is 2.07 bits per heavy atom. The van der Waals surface area contributed by atoms with Gasteiger partial charge in [0, 0.05) is 24.5 Å². The lowest BCUT2D eigenvalue weighted by Gasteiger charge is -2.19. The average molecular weight is 202 g/mol. The Balaban J connectivity index is 2.52. The summed E-state index contributed by atoms with van der Waals surface area (Å²) in [6.07, 6.45) is 2.85. The van der Waals surface area contributed by atoms with Gasteiger partial charge in [-0.3, -0.25) is 4.57 Å². The van der Waals surface area contributed by atoms with Crippen LogP contribution in [0.1, 0.15) is 32.9 Å². The van der Waals surface area contributed by atoms with Crippen molar-refractivity contribution in [2.24, 2.45) is 0 Å². The number of hydrogen-bond acceptors (Lipinski definition) is 1. The van der Waals surface area contributed by atoms with Gasteiger partial charge in [0.2, 0.25) is 0 Å². The largest absolute Gasteiger partial charge is 0.318 e. The van der Waals surface area contributed by atoms with Crippen molar-refractivity contribution in [3.05, 3.63) is 24.0 Å². The van der Waals surface area contributed by atoms with E-state index >= 15 is 0 Å². The maximum Gasteiger partial charge on any atom is 0.318 e. The van der Waals surface area contributed by atoms with Crippen LogP contribution in [0, 0.1) is 0 Å². The standard InChI is InChI=1S/C10H16F2N2/c1-10(2,3)13-6-8-4-5-14(7-8)9(11)12/h4-5,7,9,13H,6H2,1-3H3.